The first-order chi connectivity index (χ1) is 34.1. The van der Waals surface area contributed by atoms with Gasteiger partial charge in [-0.15, -0.1) is 0 Å². The maximum absolute atomic E-state index is 12.1. The summed E-state index contributed by atoms with van der Waals surface area (Å²) in [7, 11) is 5.85. The topological polar surface area (TPSA) is 153 Å². The van der Waals surface area contributed by atoms with Gasteiger partial charge in [-0.2, -0.15) is 0 Å². The van der Waals surface area contributed by atoms with Gasteiger partial charge in [0, 0.05) is 28.2 Å². The minimum atomic E-state index is -0.307. The van der Waals surface area contributed by atoms with E-state index in [4.69, 9.17) is 0 Å². The van der Waals surface area contributed by atoms with E-state index in [9.17, 15) is 38.4 Å². The van der Waals surface area contributed by atoms with E-state index in [1.165, 1.54) is 86.3 Å². The average molecular weight is 974 g/mol. The lowest BCUT2D eigenvalue weighted by atomic mass is 9.98. The Balaban J connectivity index is 0.000000356. The lowest BCUT2D eigenvalue weighted by Crippen LogP contribution is -2.27. The van der Waals surface area contributed by atoms with Crippen LogP contribution in [-0.2, 0) is 12.8 Å². The van der Waals surface area contributed by atoms with Gasteiger partial charge in [-0.05, 0) is 123 Å². The van der Waals surface area contributed by atoms with Crippen LogP contribution in [0.15, 0.2) is 72.8 Å². The zero-order valence-electron chi connectivity index (χ0n) is 45.2. The number of carbonyl (C=O) groups is 8. The molecule has 8 rings (SSSR count). The van der Waals surface area contributed by atoms with Gasteiger partial charge in [0.15, 0.2) is 0 Å². The first-order valence-corrected chi connectivity index (χ1v) is 25.6. The number of fused-ring (bicyclic) bond motifs is 4. The van der Waals surface area contributed by atoms with Gasteiger partial charge in [0.05, 0.1) is 44.5 Å². The van der Waals surface area contributed by atoms with Gasteiger partial charge in [-0.25, -0.2) is 0 Å². The summed E-state index contributed by atoms with van der Waals surface area (Å²) in [6.07, 6.45) is 9.08. The van der Waals surface area contributed by atoms with E-state index < -0.39 is 0 Å². The Labute approximate surface area is 423 Å². The Morgan fingerprint density at radius 2 is 0.493 bits per heavy atom. The summed E-state index contributed by atoms with van der Waals surface area (Å²) < 4.78 is 0. The molecule has 0 radical (unpaired) electrons. The first kappa shape index (κ1) is 60.5. The lowest BCUT2D eigenvalue weighted by molar-refractivity contribution is 0.0677. The van der Waals surface area contributed by atoms with Crippen LogP contribution in [0.3, 0.4) is 0 Å². The normalized spacial score (nSPS) is 13.6. The summed E-state index contributed by atoms with van der Waals surface area (Å²) in [5, 5.41) is 0. The molecule has 384 valence electrons. The zero-order chi connectivity index (χ0) is 53.7. The molecule has 0 aromatic heterocycles. The van der Waals surface area contributed by atoms with E-state index in [2.05, 4.69) is 25.7 Å². The van der Waals surface area contributed by atoms with E-state index in [1.54, 1.807) is 72.8 Å². The number of imide groups is 4. The quantitative estimate of drug-likeness (QED) is 0.119. The van der Waals surface area contributed by atoms with Crippen molar-refractivity contribution in [2.75, 3.05) is 47.8 Å². The molecular weight excluding hydrogens is 895 g/mol. The van der Waals surface area contributed by atoms with Crippen molar-refractivity contribution in [1.29, 1.82) is 0 Å². The summed E-state index contributed by atoms with van der Waals surface area (Å²) in [6.45, 7) is 26.8. The molecule has 0 saturated heterocycles. The second kappa shape index (κ2) is 29.6. The van der Waals surface area contributed by atoms with Crippen molar-refractivity contribution < 1.29 is 38.4 Å². The molecule has 0 spiro atoms. The van der Waals surface area contributed by atoms with Gasteiger partial charge in [-0.3, -0.25) is 58.0 Å². The first-order valence-electron chi connectivity index (χ1n) is 25.6. The lowest BCUT2D eigenvalue weighted by Gasteiger charge is -2.21. The number of nitrogens with zero attached hydrogens (tertiary/aromatic N) is 5. The van der Waals surface area contributed by atoms with Gasteiger partial charge in [0.2, 0.25) is 0 Å². The van der Waals surface area contributed by atoms with Gasteiger partial charge in [0.25, 0.3) is 47.3 Å². The number of benzene rings is 4. The molecule has 0 bridgehead atoms. The fourth-order valence-corrected chi connectivity index (χ4v) is 8.03. The highest BCUT2D eigenvalue weighted by Crippen LogP contribution is 2.29. The predicted octanol–water partition coefficient (Wildman–Crippen LogP) is 11.3. The Morgan fingerprint density at radius 3 is 0.676 bits per heavy atom. The number of hydrogen-bond acceptors (Lipinski definition) is 9. The minimum absolute atomic E-state index is 0.295. The number of unbranched alkanes of at least 4 members (excludes halogenated alkanes) is 3. The highest BCUT2D eigenvalue weighted by atomic mass is 16.2. The molecule has 0 unspecified atom stereocenters. The standard InChI is InChI=1S/2C19H14N2O4.C12H27N.4C2H6/c2*1-20-16(22)12-5-3-10(8-14(12)18(20)24)7-11-4-6-13-15(9-11)19(25)21(2)17(13)23;1-4-7-10-13(11-8-5-2)12-9-6-3;4*1-2/h2*3-6,8-9H,7H2,1-2H3;4-12H2,1-3H3;4*1-2H3. The molecule has 8 amide bonds. The highest BCUT2D eigenvalue weighted by Gasteiger charge is 2.36. The van der Waals surface area contributed by atoms with Crippen molar-refractivity contribution in [3.8, 4) is 0 Å². The Kier molecular flexibility index (Phi) is 25.2. The third kappa shape index (κ3) is 14.3. The van der Waals surface area contributed by atoms with Crippen LogP contribution in [0.1, 0.15) is 220 Å². The molecule has 0 saturated carbocycles. The van der Waals surface area contributed by atoms with Crippen LogP contribution in [0.2, 0.25) is 0 Å². The molecule has 13 heteroatoms. The van der Waals surface area contributed by atoms with Crippen LogP contribution in [0, 0.1) is 0 Å². The third-order valence-corrected chi connectivity index (χ3v) is 11.9. The molecule has 4 aromatic carbocycles. The summed E-state index contributed by atoms with van der Waals surface area (Å²) >= 11 is 0. The van der Waals surface area contributed by atoms with Crippen LogP contribution in [0.25, 0.3) is 0 Å². The summed E-state index contributed by atoms with van der Waals surface area (Å²) in [6, 6.07) is 20.7. The van der Waals surface area contributed by atoms with E-state index in [1.807, 2.05) is 55.4 Å². The highest BCUT2D eigenvalue weighted by molar-refractivity contribution is 6.23. The monoisotopic (exact) mass is 974 g/mol. The van der Waals surface area contributed by atoms with Crippen LogP contribution in [-0.4, -0.2) is 120 Å². The molecule has 13 nitrogen and oxygen atoms in total. The number of hydrogen-bond donors (Lipinski definition) is 0. The van der Waals surface area contributed by atoms with E-state index in [0.717, 1.165) is 41.9 Å². The molecule has 0 atom stereocenters. The third-order valence-electron chi connectivity index (χ3n) is 11.9. The predicted molar refractivity (Wildman–Crippen MR) is 284 cm³/mol. The molecule has 0 fully saturated rings. The molecule has 4 heterocycles. The number of carbonyl (C=O) groups excluding carboxylic acids is 8. The Hall–Kier alpha value is -6.60. The summed E-state index contributed by atoms with van der Waals surface area (Å²) in [4.78, 5) is 103. The van der Waals surface area contributed by atoms with Crippen LogP contribution in [0.4, 0.5) is 0 Å². The van der Waals surface area contributed by atoms with Gasteiger partial charge < -0.3 is 4.90 Å². The fraction of sp³-hybridized carbons (Fsp3) is 0.448. The van der Waals surface area contributed by atoms with Crippen molar-refractivity contribution in [3.05, 3.63) is 140 Å². The molecule has 4 aliphatic heterocycles. The maximum Gasteiger partial charge on any atom is 0.261 e. The summed E-state index contributed by atoms with van der Waals surface area (Å²) in [5.41, 5.74) is 6.69. The molecular formula is C58H79N5O8. The van der Waals surface area contributed by atoms with Crippen molar-refractivity contribution >= 4 is 47.3 Å². The smallest absolute Gasteiger partial charge is 0.261 e. The van der Waals surface area contributed by atoms with Crippen molar-refractivity contribution in [2.45, 2.75) is 128 Å². The van der Waals surface area contributed by atoms with E-state index in [-0.39, 0.29) is 47.3 Å². The van der Waals surface area contributed by atoms with Gasteiger partial charge in [0.1, 0.15) is 0 Å². The van der Waals surface area contributed by atoms with Gasteiger partial charge >= 0.3 is 0 Å². The van der Waals surface area contributed by atoms with Gasteiger partial charge in [-0.1, -0.05) is 120 Å². The largest absolute Gasteiger partial charge is 0.303 e. The van der Waals surface area contributed by atoms with E-state index >= 15 is 0 Å². The second-order valence-corrected chi connectivity index (χ2v) is 16.5. The SMILES string of the molecule is CC.CC.CC.CC.CCCCN(CCCC)CCCC.CN1C(=O)c2ccc(Cc3ccc4c(c3)C(=O)N(C)C4=O)cc2C1=O.CN1C(=O)c2ccc(Cc3ccc4c(c3)C(=O)N(C)C4=O)cc2C1=O. The Morgan fingerprint density at radius 1 is 0.310 bits per heavy atom. The van der Waals surface area contributed by atoms with Crippen molar-refractivity contribution in [3.63, 3.8) is 0 Å². The van der Waals surface area contributed by atoms with Crippen molar-refractivity contribution in [1.82, 2.24) is 24.5 Å². The Bertz CT molecular complexity index is 2190. The molecule has 0 aliphatic carbocycles. The molecule has 4 aliphatic rings. The fourth-order valence-electron chi connectivity index (χ4n) is 8.03. The van der Waals surface area contributed by atoms with E-state index in [0.29, 0.717) is 57.3 Å². The minimum Gasteiger partial charge on any atom is -0.303 e. The van der Waals surface area contributed by atoms with Crippen LogP contribution < -0.4 is 0 Å². The molecule has 71 heavy (non-hydrogen) atoms. The maximum atomic E-state index is 12.1. The summed E-state index contributed by atoms with van der Waals surface area (Å²) in [5.74, 6) is -2.41. The number of rotatable bonds is 13. The average Bonchev–Trinajstić information content (AvgIpc) is 3.94. The zero-order valence-corrected chi connectivity index (χ0v) is 45.2. The molecule has 0 N–H and O–H groups in total. The second-order valence-electron chi connectivity index (χ2n) is 16.5. The van der Waals surface area contributed by atoms with Crippen LogP contribution >= 0.6 is 0 Å². The van der Waals surface area contributed by atoms with Crippen LogP contribution in [0.5, 0.6) is 0 Å². The number of amides is 8. The van der Waals surface area contributed by atoms with Crippen molar-refractivity contribution in [2.24, 2.45) is 0 Å². The molecule has 4 aromatic rings.